The summed E-state index contributed by atoms with van der Waals surface area (Å²) >= 11 is 0. The van der Waals surface area contributed by atoms with Crippen LogP contribution in [0.2, 0.25) is 0 Å². The van der Waals surface area contributed by atoms with E-state index in [1.54, 1.807) is 37.4 Å². The van der Waals surface area contributed by atoms with Gasteiger partial charge >= 0.3 is 0 Å². The van der Waals surface area contributed by atoms with Gasteiger partial charge in [0.25, 0.3) is 5.91 Å². The second-order valence-electron chi connectivity index (χ2n) is 6.63. The van der Waals surface area contributed by atoms with Crippen molar-refractivity contribution >= 4 is 11.7 Å². The maximum atomic E-state index is 12.4. The van der Waals surface area contributed by atoms with Crippen LogP contribution in [0, 0.1) is 0 Å². The van der Waals surface area contributed by atoms with Crippen LogP contribution in [-0.2, 0) is 5.60 Å². The molecule has 7 nitrogen and oxygen atoms in total. The van der Waals surface area contributed by atoms with Crippen molar-refractivity contribution in [2.75, 3.05) is 44.7 Å². The van der Waals surface area contributed by atoms with Crippen molar-refractivity contribution in [3.05, 3.63) is 48.0 Å². The molecule has 1 atom stereocenters. The van der Waals surface area contributed by atoms with Gasteiger partial charge in [-0.15, -0.1) is 0 Å². The van der Waals surface area contributed by atoms with E-state index in [0.29, 0.717) is 11.3 Å². The number of carbonyl (C=O) groups excluding carboxylic acids is 1. The number of carbonyl (C=O) groups is 1. The summed E-state index contributed by atoms with van der Waals surface area (Å²) in [6.45, 7) is 5.40. The Balaban J connectivity index is 1.63. The lowest BCUT2D eigenvalue weighted by Gasteiger charge is -2.33. The number of nitrogens with zero attached hydrogens (tertiary/aromatic N) is 3. The Bertz CT molecular complexity index is 707. The molecule has 0 spiro atoms. The first-order chi connectivity index (χ1) is 12.0. The highest BCUT2D eigenvalue weighted by molar-refractivity contribution is 5.94. The molecule has 3 heterocycles. The van der Waals surface area contributed by atoms with E-state index in [9.17, 15) is 9.90 Å². The quantitative estimate of drug-likeness (QED) is 0.844. The molecule has 25 heavy (non-hydrogen) atoms. The van der Waals surface area contributed by atoms with E-state index in [-0.39, 0.29) is 12.5 Å². The molecular weight excluding hydrogens is 320 g/mol. The minimum atomic E-state index is -1.26. The molecule has 1 saturated heterocycles. The molecule has 1 aliphatic heterocycles. The van der Waals surface area contributed by atoms with Crippen molar-refractivity contribution in [1.29, 1.82) is 0 Å². The van der Waals surface area contributed by atoms with Crippen LogP contribution >= 0.6 is 0 Å². The zero-order valence-corrected chi connectivity index (χ0v) is 14.6. The molecule has 2 aromatic rings. The maximum Gasteiger partial charge on any atom is 0.251 e. The van der Waals surface area contributed by atoms with E-state index in [1.807, 2.05) is 0 Å². The van der Waals surface area contributed by atoms with Crippen LogP contribution in [0.15, 0.2) is 41.1 Å². The normalized spacial score (nSPS) is 18.0. The summed E-state index contributed by atoms with van der Waals surface area (Å²) < 4.78 is 5.22. The van der Waals surface area contributed by atoms with Gasteiger partial charge in [-0.1, -0.05) is 0 Å². The molecule has 7 heteroatoms. The summed E-state index contributed by atoms with van der Waals surface area (Å²) in [5.41, 5.74) is -0.730. The number of aromatic nitrogens is 1. The number of aliphatic hydroxyl groups is 1. The fraction of sp³-hybridized carbons (Fsp3) is 0.444. The first-order valence-corrected chi connectivity index (χ1v) is 8.40. The highest BCUT2D eigenvalue weighted by atomic mass is 16.4. The van der Waals surface area contributed by atoms with Gasteiger partial charge in [-0.05, 0) is 38.2 Å². The smallest absolute Gasteiger partial charge is 0.251 e. The predicted molar refractivity (Wildman–Crippen MR) is 94.6 cm³/mol. The zero-order valence-electron chi connectivity index (χ0n) is 14.6. The van der Waals surface area contributed by atoms with Crippen molar-refractivity contribution in [1.82, 2.24) is 15.2 Å². The summed E-state index contributed by atoms with van der Waals surface area (Å²) in [4.78, 5) is 21.3. The van der Waals surface area contributed by atoms with Crippen LogP contribution in [0.5, 0.6) is 0 Å². The summed E-state index contributed by atoms with van der Waals surface area (Å²) in [5, 5.41) is 13.2. The largest absolute Gasteiger partial charge is 0.466 e. The SMILES string of the molecule is CN1CCN(c2cc(C(=O)NCC(C)(O)c3ccco3)ccn2)CC1. The summed E-state index contributed by atoms with van der Waals surface area (Å²) in [5.74, 6) is 0.976. The predicted octanol–water partition coefficient (Wildman–Crippen LogP) is 1.06. The molecule has 1 amide bonds. The molecule has 0 radical (unpaired) electrons. The number of hydrogen-bond donors (Lipinski definition) is 2. The second-order valence-corrected chi connectivity index (χ2v) is 6.63. The lowest BCUT2D eigenvalue weighted by Crippen LogP contribution is -2.45. The Morgan fingerprint density at radius 3 is 2.80 bits per heavy atom. The molecule has 0 bridgehead atoms. The molecule has 2 aromatic heterocycles. The van der Waals surface area contributed by atoms with Crippen molar-refractivity contribution < 1.29 is 14.3 Å². The van der Waals surface area contributed by atoms with Crippen LogP contribution in [0.1, 0.15) is 23.0 Å². The van der Waals surface area contributed by atoms with Gasteiger partial charge in [0.15, 0.2) is 0 Å². The number of amides is 1. The maximum absolute atomic E-state index is 12.4. The second kappa shape index (κ2) is 7.25. The molecule has 1 aliphatic rings. The van der Waals surface area contributed by atoms with Crippen LogP contribution in [0.25, 0.3) is 0 Å². The number of likely N-dealkylation sites (N-methyl/N-ethyl adjacent to an activating group) is 1. The Labute approximate surface area is 147 Å². The molecule has 2 N–H and O–H groups in total. The number of piperazine rings is 1. The molecule has 134 valence electrons. The standard InChI is InChI=1S/C18H24N4O3/c1-18(24,15-4-3-11-25-15)13-20-17(23)14-5-6-19-16(12-14)22-9-7-21(2)8-10-22/h3-6,11-12,24H,7-10,13H2,1-2H3,(H,20,23). The number of hydrogen-bond acceptors (Lipinski definition) is 6. The fourth-order valence-corrected chi connectivity index (χ4v) is 2.79. The number of nitrogens with one attached hydrogen (secondary N) is 1. The summed E-state index contributed by atoms with van der Waals surface area (Å²) in [6.07, 6.45) is 3.14. The molecule has 3 rings (SSSR count). The third-order valence-electron chi connectivity index (χ3n) is 4.48. The molecule has 1 fully saturated rings. The van der Waals surface area contributed by atoms with Gasteiger partial charge in [0.05, 0.1) is 12.8 Å². The Hall–Kier alpha value is -2.38. The monoisotopic (exact) mass is 344 g/mol. The van der Waals surface area contributed by atoms with Crippen LogP contribution in [-0.4, -0.2) is 60.7 Å². The van der Waals surface area contributed by atoms with Crippen molar-refractivity contribution in [2.24, 2.45) is 0 Å². The Morgan fingerprint density at radius 2 is 2.12 bits per heavy atom. The molecule has 0 saturated carbocycles. The van der Waals surface area contributed by atoms with Gasteiger partial charge in [0.2, 0.25) is 0 Å². The van der Waals surface area contributed by atoms with E-state index >= 15 is 0 Å². The van der Waals surface area contributed by atoms with E-state index in [2.05, 4.69) is 27.1 Å². The Kier molecular flexibility index (Phi) is 5.06. The highest BCUT2D eigenvalue weighted by Crippen LogP contribution is 2.20. The Morgan fingerprint density at radius 1 is 1.36 bits per heavy atom. The first kappa shape index (κ1) is 17.4. The number of rotatable bonds is 5. The lowest BCUT2D eigenvalue weighted by atomic mass is 10.0. The van der Waals surface area contributed by atoms with Crippen molar-refractivity contribution in [3.63, 3.8) is 0 Å². The number of anilines is 1. The number of furan rings is 1. The van der Waals surface area contributed by atoms with Crippen LogP contribution in [0.4, 0.5) is 5.82 Å². The zero-order chi connectivity index (χ0) is 17.9. The molecular formula is C18H24N4O3. The van der Waals surface area contributed by atoms with Gasteiger partial charge < -0.3 is 24.6 Å². The van der Waals surface area contributed by atoms with E-state index in [1.165, 1.54) is 6.26 Å². The van der Waals surface area contributed by atoms with E-state index in [0.717, 1.165) is 32.0 Å². The van der Waals surface area contributed by atoms with Crippen molar-refractivity contribution in [3.8, 4) is 0 Å². The minimum absolute atomic E-state index is 0.0610. The van der Waals surface area contributed by atoms with Crippen molar-refractivity contribution in [2.45, 2.75) is 12.5 Å². The topological polar surface area (TPSA) is 81.8 Å². The lowest BCUT2D eigenvalue weighted by molar-refractivity contribution is 0.0330. The molecule has 0 aromatic carbocycles. The van der Waals surface area contributed by atoms with Gasteiger partial charge in [-0.2, -0.15) is 0 Å². The van der Waals surface area contributed by atoms with Gasteiger partial charge in [0.1, 0.15) is 17.2 Å². The van der Waals surface area contributed by atoms with E-state index in [4.69, 9.17) is 4.42 Å². The number of pyridine rings is 1. The average molecular weight is 344 g/mol. The summed E-state index contributed by atoms with van der Waals surface area (Å²) in [7, 11) is 2.10. The minimum Gasteiger partial charge on any atom is -0.466 e. The van der Waals surface area contributed by atoms with Gasteiger partial charge in [-0.3, -0.25) is 4.79 Å². The third-order valence-corrected chi connectivity index (χ3v) is 4.48. The van der Waals surface area contributed by atoms with Crippen LogP contribution < -0.4 is 10.2 Å². The first-order valence-electron chi connectivity index (χ1n) is 8.40. The van der Waals surface area contributed by atoms with Gasteiger partial charge in [-0.25, -0.2) is 4.98 Å². The third kappa shape index (κ3) is 4.18. The average Bonchev–Trinajstić information content (AvgIpc) is 3.16. The highest BCUT2D eigenvalue weighted by Gasteiger charge is 2.27. The van der Waals surface area contributed by atoms with E-state index < -0.39 is 5.60 Å². The molecule has 0 aliphatic carbocycles. The fourth-order valence-electron chi connectivity index (χ4n) is 2.79. The summed E-state index contributed by atoms with van der Waals surface area (Å²) in [6, 6.07) is 6.86. The van der Waals surface area contributed by atoms with Gasteiger partial charge in [0, 0.05) is 37.9 Å². The van der Waals surface area contributed by atoms with Crippen LogP contribution in [0.3, 0.4) is 0 Å². The molecule has 1 unspecified atom stereocenters.